The molecule has 0 radical (unpaired) electrons. The second-order valence-electron chi connectivity index (χ2n) is 2.31. The summed E-state index contributed by atoms with van der Waals surface area (Å²) in [7, 11) is 0. The Labute approximate surface area is 54.1 Å². The number of rotatable bonds is 1. The number of nitrogens with one attached hydrogen (secondary N) is 1. The highest BCUT2D eigenvalue weighted by Gasteiger charge is 2.19. The van der Waals surface area contributed by atoms with Gasteiger partial charge < -0.3 is 10.4 Å². The predicted octanol–water partition coefficient (Wildman–Crippen LogP) is -0.117. The molecule has 1 aliphatic rings. The molecule has 1 aliphatic heterocycles. The van der Waals surface area contributed by atoms with Crippen molar-refractivity contribution < 1.29 is 5.11 Å². The molecule has 0 aromatic carbocycles. The Morgan fingerprint density at radius 3 is 2.89 bits per heavy atom. The van der Waals surface area contributed by atoms with Crippen LogP contribution in [-0.4, -0.2) is 23.5 Å². The molecular formula is C6H10N2O. The molecule has 3 nitrogen and oxygen atoms in total. The monoisotopic (exact) mass is 126 g/mol. The van der Waals surface area contributed by atoms with Gasteiger partial charge >= 0.3 is 0 Å². The third-order valence-electron chi connectivity index (χ3n) is 1.26. The van der Waals surface area contributed by atoms with Gasteiger partial charge in [0.15, 0.2) is 0 Å². The van der Waals surface area contributed by atoms with Crippen molar-refractivity contribution in [2.24, 2.45) is 4.99 Å². The molecule has 0 saturated carbocycles. The van der Waals surface area contributed by atoms with E-state index in [1.807, 2.05) is 6.92 Å². The van der Waals surface area contributed by atoms with Gasteiger partial charge in [0.25, 0.3) is 0 Å². The zero-order valence-corrected chi connectivity index (χ0v) is 5.33. The number of hydrogen-bond acceptors (Lipinski definition) is 3. The molecule has 0 aliphatic carbocycles. The lowest BCUT2D eigenvalue weighted by Crippen LogP contribution is -2.45. The van der Waals surface area contributed by atoms with Crippen molar-refractivity contribution in [2.45, 2.75) is 12.5 Å². The average Bonchev–Trinajstić information content (AvgIpc) is 1.90. The Kier molecular flexibility index (Phi) is 1.53. The number of aliphatic hydroxyl groups is 1. The molecule has 3 heteroatoms. The molecule has 1 heterocycles. The molecule has 1 rings (SSSR count). The summed E-state index contributed by atoms with van der Waals surface area (Å²) in [5.74, 6) is 0. The Morgan fingerprint density at radius 1 is 1.78 bits per heavy atom. The molecule has 2 N–H and O–H groups in total. The summed E-state index contributed by atoms with van der Waals surface area (Å²) in [6.45, 7) is 1.95. The van der Waals surface area contributed by atoms with Crippen molar-refractivity contribution in [1.29, 1.82) is 0 Å². The maximum Gasteiger partial charge on any atom is 0.0926 e. The van der Waals surface area contributed by atoms with Crippen molar-refractivity contribution in [3.8, 4) is 0 Å². The van der Waals surface area contributed by atoms with Crippen molar-refractivity contribution in [1.82, 2.24) is 5.32 Å². The van der Waals surface area contributed by atoms with Crippen molar-refractivity contribution >= 4 is 6.21 Å². The molecule has 0 amide bonds. The second kappa shape index (κ2) is 2.19. The third kappa shape index (κ3) is 1.29. The van der Waals surface area contributed by atoms with Gasteiger partial charge in [-0.05, 0) is 6.92 Å². The van der Waals surface area contributed by atoms with Crippen LogP contribution in [0.5, 0.6) is 0 Å². The van der Waals surface area contributed by atoms with E-state index in [1.54, 1.807) is 18.6 Å². The van der Waals surface area contributed by atoms with E-state index in [1.165, 1.54) is 0 Å². The fourth-order valence-corrected chi connectivity index (χ4v) is 0.602. The minimum absolute atomic E-state index is 0.0703. The van der Waals surface area contributed by atoms with Crippen LogP contribution >= 0.6 is 0 Å². The van der Waals surface area contributed by atoms with Crippen LogP contribution < -0.4 is 5.32 Å². The lowest BCUT2D eigenvalue weighted by Gasteiger charge is -2.24. The van der Waals surface area contributed by atoms with Gasteiger partial charge in [-0.2, -0.15) is 0 Å². The van der Waals surface area contributed by atoms with Crippen molar-refractivity contribution in [3.05, 3.63) is 12.4 Å². The summed E-state index contributed by atoms with van der Waals surface area (Å²) in [6.07, 6.45) is 5.06. The Hall–Kier alpha value is -0.830. The molecule has 50 valence electrons. The first kappa shape index (κ1) is 6.29. The van der Waals surface area contributed by atoms with E-state index in [0.717, 1.165) is 0 Å². The van der Waals surface area contributed by atoms with Crippen LogP contribution in [0.25, 0.3) is 0 Å². The zero-order chi connectivity index (χ0) is 6.74. The third-order valence-corrected chi connectivity index (χ3v) is 1.26. The van der Waals surface area contributed by atoms with E-state index in [4.69, 9.17) is 5.11 Å². The van der Waals surface area contributed by atoms with Crippen LogP contribution in [0, 0.1) is 0 Å². The summed E-state index contributed by atoms with van der Waals surface area (Å²) in [6, 6.07) is 0. The van der Waals surface area contributed by atoms with Crippen LogP contribution in [0.15, 0.2) is 17.4 Å². The van der Waals surface area contributed by atoms with Gasteiger partial charge in [0.1, 0.15) is 0 Å². The fourth-order valence-electron chi connectivity index (χ4n) is 0.602. The van der Waals surface area contributed by atoms with Gasteiger partial charge in [-0.1, -0.05) is 0 Å². The number of aliphatic hydroxyl groups excluding tert-OH is 1. The summed E-state index contributed by atoms with van der Waals surface area (Å²) in [4.78, 5) is 3.87. The smallest absolute Gasteiger partial charge is 0.0926 e. The maximum absolute atomic E-state index is 8.76. The molecule has 0 saturated heterocycles. The Bertz CT molecular complexity index is 153. The largest absolute Gasteiger partial charge is 0.394 e. The summed E-state index contributed by atoms with van der Waals surface area (Å²) in [5, 5.41) is 11.7. The topological polar surface area (TPSA) is 44.6 Å². The highest BCUT2D eigenvalue weighted by Crippen LogP contribution is 2.01. The van der Waals surface area contributed by atoms with Crippen molar-refractivity contribution in [2.75, 3.05) is 6.61 Å². The fraction of sp³-hybridized carbons (Fsp3) is 0.500. The summed E-state index contributed by atoms with van der Waals surface area (Å²) >= 11 is 0. The normalized spacial score (nSPS) is 32.2. The highest BCUT2D eigenvalue weighted by atomic mass is 16.3. The predicted molar refractivity (Wildman–Crippen MR) is 36.3 cm³/mol. The zero-order valence-electron chi connectivity index (χ0n) is 5.33. The maximum atomic E-state index is 8.76. The number of nitrogens with zero attached hydrogens (tertiary/aromatic N) is 1. The van der Waals surface area contributed by atoms with Gasteiger partial charge in [-0.25, -0.2) is 0 Å². The van der Waals surface area contributed by atoms with Gasteiger partial charge in [0.05, 0.1) is 12.1 Å². The van der Waals surface area contributed by atoms with Crippen molar-refractivity contribution in [3.63, 3.8) is 0 Å². The van der Waals surface area contributed by atoms with E-state index in [-0.39, 0.29) is 12.1 Å². The quantitative estimate of drug-likeness (QED) is 0.514. The Morgan fingerprint density at radius 2 is 2.56 bits per heavy atom. The molecule has 0 aromatic rings. The minimum atomic E-state index is -0.352. The number of aliphatic imine (C=N–C) groups is 1. The lowest BCUT2D eigenvalue weighted by atomic mass is 10.1. The summed E-state index contributed by atoms with van der Waals surface area (Å²) < 4.78 is 0. The van der Waals surface area contributed by atoms with Gasteiger partial charge in [-0.3, -0.25) is 4.99 Å². The van der Waals surface area contributed by atoms with Crippen LogP contribution in [-0.2, 0) is 0 Å². The van der Waals surface area contributed by atoms with E-state index in [0.29, 0.717) is 0 Å². The SMILES string of the molecule is CC1(CO)C=NC=CN1. The van der Waals surface area contributed by atoms with E-state index < -0.39 is 0 Å². The first-order valence-electron chi connectivity index (χ1n) is 2.85. The molecule has 0 fully saturated rings. The Balaban J connectivity index is 2.63. The van der Waals surface area contributed by atoms with Gasteiger partial charge in [-0.15, -0.1) is 0 Å². The lowest BCUT2D eigenvalue weighted by molar-refractivity contribution is 0.234. The molecule has 0 aromatic heterocycles. The first-order chi connectivity index (χ1) is 4.27. The first-order valence-corrected chi connectivity index (χ1v) is 2.85. The molecule has 9 heavy (non-hydrogen) atoms. The molecule has 1 atom stereocenters. The van der Waals surface area contributed by atoms with Crippen LogP contribution in [0.1, 0.15) is 6.92 Å². The van der Waals surface area contributed by atoms with Gasteiger partial charge in [0.2, 0.25) is 0 Å². The minimum Gasteiger partial charge on any atom is -0.394 e. The average molecular weight is 126 g/mol. The van der Waals surface area contributed by atoms with E-state index in [9.17, 15) is 0 Å². The molecular weight excluding hydrogens is 116 g/mol. The molecule has 0 bridgehead atoms. The second-order valence-corrected chi connectivity index (χ2v) is 2.31. The van der Waals surface area contributed by atoms with Gasteiger partial charge in [0, 0.05) is 18.6 Å². The summed E-state index contributed by atoms with van der Waals surface area (Å²) in [5.41, 5.74) is -0.352. The number of hydrogen-bond donors (Lipinski definition) is 2. The van der Waals surface area contributed by atoms with Crippen LogP contribution in [0.4, 0.5) is 0 Å². The van der Waals surface area contributed by atoms with Crippen LogP contribution in [0.3, 0.4) is 0 Å². The van der Waals surface area contributed by atoms with E-state index in [2.05, 4.69) is 10.3 Å². The molecule has 1 unspecified atom stereocenters. The highest BCUT2D eigenvalue weighted by molar-refractivity contribution is 5.71. The molecule has 0 spiro atoms. The van der Waals surface area contributed by atoms with E-state index >= 15 is 0 Å². The van der Waals surface area contributed by atoms with Crippen LogP contribution in [0.2, 0.25) is 0 Å². The standard InChI is InChI=1S/C6H10N2O/c1-6(5-9)4-7-2-3-8-6/h2-4,8-9H,5H2,1H3.